The van der Waals surface area contributed by atoms with E-state index in [2.05, 4.69) is 9.71 Å². The molecule has 30 heavy (non-hydrogen) atoms. The van der Waals surface area contributed by atoms with Crippen LogP contribution in [0.4, 0.5) is 0 Å². The van der Waals surface area contributed by atoms with Gasteiger partial charge in [0, 0.05) is 22.2 Å². The van der Waals surface area contributed by atoms with Gasteiger partial charge in [0.2, 0.25) is 0 Å². The molecule has 0 radical (unpaired) electrons. The number of pyridine rings is 1. The number of rotatable bonds is 5. The minimum absolute atomic E-state index is 0.139. The largest absolute Gasteiger partial charge is 0.268 e. The van der Waals surface area contributed by atoms with Crippen molar-refractivity contribution in [3.63, 3.8) is 0 Å². The van der Waals surface area contributed by atoms with E-state index in [4.69, 9.17) is 11.6 Å². The van der Waals surface area contributed by atoms with E-state index in [1.807, 2.05) is 42.5 Å². The van der Waals surface area contributed by atoms with Crippen molar-refractivity contribution in [2.45, 2.75) is 11.3 Å². The summed E-state index contributed by atoms with van der Waals surface area (Å²) in [6.45, 7) is 0. The number of halogens is 1. The second-order valence-corrected chi connectivity index (χ2v) is 8.86. The highest BCUT2D eigenvalue weighted by atomic mass is 35.5. The minimum Gasteiger partial charge on any atom is -0.268 e. The SMILES string of the molecule is O=C(NS(=O)(=O)c1cc(Cl)cc2cccnc12)c1ccc(Cc2ccccc2)cc1. The summed E-state index contributed by atoms with van der Waals surface area (Å²) in [6, 6.07) is 23.1. The first-order chi connectivity index (χ1) is 14.4. The Morgan fingerprint density at radius 2 is 1.60 bits per heavy atom. The summed E-state index contributed by atoms with van der Waals surface area (Å²) in [4.78, 5) is 16.6. The number of hydrogen-bond donors (Lipinski definition) is 1. The van der Waals surface area contributed by atoms with Crippen LogP contribution in [0.5, 0.6) is 0 Å². The molecule has 0 spiro atoms. The number of nitrogens with zero attached hydrogens (tertiary/aromatic N) is 1. The average molecular weight is 437 g/mol. The molecule has 0 aliphatic heterocycles. The molecule has 4 rings (SSSR count). The second-order valence-electron chi connectivity index (χ2n) is 6.77. The lowest BCUT2D eigenvalue weighted by atomic mass is 10.0. The standard InChI is InChI=1S/C23H17ClN2O3S/c24-20-14-19-7-4-12-25-22(19)21(15-20)30(28,29)26-23(27)18-10-8-17(9-11-18)13-16-5-2-1-3-6-16/h1-12,14-15H,13H2,(H,26,27). The zero-order chi connectivity index (χ0) is 21.1. The second kappa shape index (κ2) is 8.26. The fraction of sp³-hybridized carbons (Fsp3) is 0.0435. The Morgan fingerprint density at radius 3 is 2.33 bits per heavy atom. The van der Waals surface area contributed by atoms with Gasteiger partial charge in [0.1, 0.15) is 4.90 Å². The molecule has 0 saturated carbocycles. The summed E-state index contributed by atoms with van der Waals surface area (Å²) in [7, 11) is -4.16. The maximum Gasteiger partial charge on any atom is 0.266 e. The zero-order valence-electron chi connectivity index (χ0n) is 15.7. The molecular weight excluding hydrogens is 420 g/mol. The van der Waals surface area contributed by atoms with Crippen LogP contribution in [0.15, 0.2) is 90.0 Å². The van der Waals surface area contributed by atoms with Gasteiger partial charge >= 0.3 is 0 Å². The summed E-state index contributed by atoms with van der Waals surface area (Å²) in [5.41, 5.74) is 2.67. The number of benzene rings is 3. The molecule has 3 aromatic carbocycles. The highest BCUT2D eigenvalue weighted by Gasteiger charge is 2.22. The van der Waals surface area contributed by atoms with E-state index in [-0.39, 0.29) is 21.0 Å². The molecule has 1 aromatic heterocycles. The monoisotopic (exact) mass is 436 g/mol. The minimum atomic E-state index is -4.16. The van der Waals surface area contributed by atoms with Crippen molar-refractivity contribution in [2.24, 2.45) is 0 Å². The number of carbonyl (C=O) groups excluding carboxylic acids is 1. The van der Waals surface area contributed by atoms with Crippen LogP contribution < -0.4 is 4.72 Å². The Labute approximate surface area is 179 Å². The number of nitrogens with one attached hydrogen (secondary N) is 1. The van der Waals surface area contributed by atoms with E-state index in [9.17, 15) is 13.2 Å². The molecule has 0 aliphatic carbocycles. The fourth-order valence-electron chi connectivity index (χ4n) is 3.17. The number of carbonyl (C=O) groups is 1. The molecule has 7 heteroatoms. The Morgan fingerprint density at radius 1 is 0.900 bits per heavy atom. The lowest BCUT2D eigenvalue weighted by molar-refractivity contribution is 0.0981. The maximum absolute atomic E-state index is 12.9. The maximum atomic E-state index is 12.9. The molecule has 0 saturated heterocycles. The van der Waals surface area contributed by atoms with Crippen molar-refractivity contribution in [2.75, 3.05) is 0 Å². The van der Waals surface area contributed by atoms with E-state index in [0.29, 0.717) is 5.39 Å². The third-order valence-corrected chi connectivity index (χ3v) is 6.18. The van der Waals surface area contributed by atoms with Crippen molar-refractivity contribution in [3.8, 4) is 0 Å². The Hall–Kier alpha value is -3.22. The van der Waals surface area contributed by atoms with Gasteiger partial charge in [0.05, 0.1) is 5.52 Å². The normalized spacial score (nSPS) is 11.4. The average Bonchev–Trinajstić information content (AvgIpc) is 2.74. The molecular formula is C23H17ClN2O3S. The molecule has 1 heterocycles. The molecule has 150 valence electrons. The molecule has 0 unspecified atom stereocenters. The van der Waals surface area contributed by atoms with Gasteiger partial charge < -0.3 is 0 Å². The lowest BCUT2D eigenvalue weighted by Crippen LogP contribution is -2.30. The van der Waals surface area contributed by atoms with Crippen LogP contribution in [0.3, 0.4) is 0 Å². The first-order valence-corrected chi connectivity index (χ1v) is 11.0. The summed E-state index contributed by atoms with van der Waals surface area (Å²) in [5.74, 6) is -0.717. The quantitative estimate of drug-likeness (QED) is 0.496. The lowest BCUT2D eigenvalue weighted by Gasteiger charge is -2.10. The van der Waals surface area contributed by atoms with Crippen molar-refractivity contribution < 1.29 is 13.2 Å². The molecule has 0 bridgehead atoms. The Bertz CT molecular complexity index is 1320. The van der Waals surface area contributed by atoms with E-state index < -0.39 is 15.9 Å². The molecule has 0 aliphatic rings. The topological polar surface area (TPSA) is 76.1 Å². The van der Waals surface area contributed by atoms with E-state index in [1.54, 1.807) is 30.3 Å². The third kappa shape index (κ3) is 4.35. The number of fused-ring (bicyclic) bond motifs is 1. The van der Waals surface area contributed by atoms with Crippen LogP contribution in [0.25, 0.3) is 10.9 Å². The van der Waals surface area contributed by atoms with Crippen molar-refractivity contribution in [1.29, 1.82) is 0 Å². The smallest absolute Gasteiger partial charge is 0.266 e. The van der Waals surface area contributed by atoms with Gasteiger partial charge in [-0.15, -0.1) is 0 Å². The Kier molecular flexibility index (Phi) is 5.53. The van der Waals surface area contributed by atoms with Crippen molar-refractivity contribution in [1.82, 2.24) is 9.71 Å². The van der Waals surface area contributed by atoms with Gasteiger partial charge in [-0.1, -0.05) is 60.1 Å². The molecule has 0 fully saturated rings. The molecule has 1 N–H and O–H groups in total. The fourth-order valence-corrected chi connectivity index (χ4v) is 4.64. The number of amides is 1. The zero-order valence-corrected chi connectivity index (χ0v) is 17.3. The van der Waals surface area contributed by atoms with Gasteiger partial charge in [-0.2, -0.15) is 0 Å². The van der Waals surface area contributed by atoms with Gasteiger partial charge in [-0.3, -0.25) is 9.78 Å². The number of sulfonamides is 1. The highest BCUT2D eigenvalue weighted by molar-refractivity contribution is 7.90. The van der Waals surface area contributed by atoms with Crippen molar-refractivity contribution in [3.05, 3.63) is 107 Å². The van der Waals surface area contributed by atoms with Crippen LogP contribution in [-0.4, -0.2) is 19.3 Å². The van der Waals surface area contributed by atoms with Crippen LogP contribution in [-0.2, 0) is 16.4 Å². The van der Waals surface area contributed by atoms with E-state index in [0.717, 1.165) is 17.5 Å². The van der Waals surface area contributed by atoms with Gasteiger partial charge in [-0.05, 0) is 47.9 Å². The third-order valence-electron chi connectivity index (χ3n) is 4.62. The predicted molar refractivity (Wildman–Crippen MR) is 117 cm³/mol. The van der Waals surface area contributed by atoms with Crippen molar-refractivity contribution >= 4 is 38.4 Å². The molecule has 4 aromatic rings. The summed E-state index contributed by atoms with van der Waals surface area (Å²) in [5, 5.41) is 0.816. The van der Waals surface area contributed by atoms with Crippen LogP contribution >= 0.6 is 11.6 Å². The number of hydrogen-bond acceptors (Lipinski definition) is 4. The van der Waals surface area contributed by atoms with Crippen LogP contribution in [0.1, 0.15) is 21.5 Å². The number of aromatic nitrogens is 1. The summed E-state index contributed by atoms with van der Waals surface area (Å²) >= 11 is 6.06. The summed E-state index contributed by atoms with van der Waals surface area (Å²) in [6.07, 6.45) is 2.21. The predicted octanol–water partition coefficient (Wildman–Crippen LogP) is 4.60. The van der Waals surface area contributed by atoms with Gasteiger partial charge in [0.25, 0.3) is 15.9 Å². The van der Waals surface area contributed by atoms with E-state index in [1.165, 1.54) is 12.3 Å². The van der Waals surface area contributed by atoms with Gasteiger partial charge in [0.15, 0.2) is 0 Å². The first kappa shape index (κ1) is 20.1. The van der Waals surface area contributed by atoms with Gasteiger partial charge in [-0.25, -0.2) is 13.1 Å². The highest BCUT2D eigenvalue weighted by Crippen LogP contribution is 2.26. The summed E-state index contributed by atoms with van der Waals surface area (Å²) < 4.78 is 27.8. The van der Waals surface area contributed by atoms with Crippen LogP contribution in [0.2, 0.25) is 5.02 Å². The molecule has 5 nitrogen and oxygen atoms in total. The Balaban J connectivity index is 1.56. The van der Waals surface area contributed by atoms with Crippen LogP contribution in [0, 0.1) is 0 Å². The van der Waals surface area contributed by atoms with E-state index >= 15 is 0 Å². The molecule has 1 amide bonds. The molecule has 0 atom stereocenters. The first-order valence-electron chi connectivity index (χ1n) is 9.17.